The van der Waals surface area contributed by atoms with Crippen LogP contribution < -0.4 is 10.2 Å². The van der Waals surface area contributed by atoms with Gasteiger partial charge in [-0.3, -0.25) is 15.0 Å². The summed E-state index contributed by atoms with van der Waals surface area (Å²) in [5.74, 6) is -0.491. The molecule has 1 saturated heterocycles. The summed E-state index contributed by atoms with van der Waals surface area (Å²) in [4.78, 5) is 30.5. The molecule has 0 saturated carbocycles. The smallest absolute Gasteiger partial charge is 0.416 e. The van der Waals surface area contributed by atoms with Crippen molar-refractivity contribution < 1.29 is 27.5 Å². The Kier molecular flexibility index (Phi) is 5.30. The Hall–Kier alpha value is -3.56. The largest absolute Gasteiger partial charge is 0.449 e. The molecule has 2 aromatic carbocycles. The van der Waals surface area contributed by atoms with Gasteiger partial charge in [0, 0.05) is 24.3 Å². The van der Waals surface area contributed by atoms with Crippen LogP contribution in [-0.2, 0) is 17.5 Å². The van der Waals surface area contributed by atoms with Crippen LogP contribution >= 0.6 is 0 Å². The van der Waals surface area contributed by atoms with Crippen molar-refractivity contribution in [1.82, 2.24) is 9.55 Å². The standard InChI is InChI=1S/C21H19F3N4O3/c1-2-27-17-8-7-15(28-9-4-10-31-20(28)30)12-16(17)25-19(27)26-18(29)13-5-3-6-14(11-13)21(22,23)24/h3,5-8,11-12H,2,4,9-10H2,1H3,(H,25,26,29). The minimum absolute atomic E-state index is 0.124. The molecule has 7 nitrogen and oxygen atoms in total. The van der Waals surface area contributed by atoms with Crippen LogP contribution in [-0.4, -0.2) is 34.7 Å². The minimum atomic E-state index is -4.54. The Morgan fingerprint density at radius 1 is 1.23 bits per heavy atom. The van der Waals surface area contributed by atoms with E-state index in [1.165, 1.54) is 17.0 Å². The van der Waals surface area contributed by atoms with Crippen LogP contribution in [0.1, 0.15) is 29.3 Å². The van der Waals surface area contributed by atoms with Crippen LogP contribution in [0.15, 0.2) is 42.5 Å². The number of rotatable bonds is 4. The fourth-order valence-electron chi connectivity index (χ4n) is 3.50. The zero-order valence-electron chi connectivity index (χ0n) is 16.6. The van der Waals surface area contributed by atoms with Gasteiger partial charge in [0.05, 0.1) is 23.2 Å². The van der Waals surface area contributed by atoms with Crippen LogP contribution in [0.3, 0.4) is 0 Å². The second kappa shape index (κ2) is 7.93. The van der Waals surface area contributed by atoms with E-state index in [2.05, 4.69) is 10.3 Å². The number of aromatic nitrogens is 2. The van der Waals surface area contributed by atoms with Gasteiger partial charge in [-0.15, -0.1) is 0 Å². The van der Waals surface area contributed by atoms with Gasteiger partial charge in [0.2, 0.25) is 5.95 Å². The van der Waals surface area contributed by atoms with Crippen molar-refractivity contribution in [3.8, 4) is 0 Å². The lowest BCUT2D eigenvalue weighted by Gasteiger charge is -2.26. The molecule has 3 aromatic rings. The molecule has 0 unspecified atom stereocenters. The van der Waals surface area contributed by atoms with Crippen LogP contribution in [0.5, 0.6) is 0 Å². The average molecular weight is 432 g/mol. The van der Waals surface area contributed by atoms with Gasteiger partial charge in [0.25, 0.3) is 5.91 Å². The van der Waals surface area contributed by atoms with E-state index in [9.17, 15) is 22.8 Å². The number of alkyl halides is 3. The number of hydrogen-bond donors (Lipinski definition) is 1. The van der Waals surface area contributed by atoms with Gasteiger partial charge in [-0.1, -0.05) is 6.07 Å². The third kappa shape index (κ3) is 4.05. The summed E-state index contributed by atoms with van der Waals surface area (Å²) >= 11 is 0. The molecule has 1 aromatic heterocycles. The fourth-order valence-corrected chi connectivity index (χ4v) is 3.50. The van der Waals surface area contributed by atoms with E-state index in [-0.39, 0.29) is 11.5 Å². The molecular weight excluding hydrogens is 413 g/mol. The van der Waals surface area contributed by atoms with Crippen molar-refractivity contribution in [2.75, 3.05) is 23.4 Å². The SMILES string of the molecule is CCn1c(NC(=O)c2cccc(C(F)(F)F)c2)nc2cc(N3CCCOC3=O)ccc21. The number of hydrogen-bond acceptors (Lipinski definition) is 4. The highest BCUT2D eigenvalue weighted by Gasteiger charge is 2.31. The lowest BCUT2D eigenvalue weighted by Crippen LogP contribution is -2.37. The molecule has 0 aliphatic carbocycles. The number of cyclic esters (lactones) is 1. The fraction of sp³-hybridized carbons (Fsp3) is 0.286. The highest BCUT2D eigenvalue weighted by Crippen LogP contribution is 2.30. The van der Waals surface area contributed by atoms with E-state index in [0.717, 1.165) is 17.6 Å². The Morgan fingerprint density at radius 2 is 2.03 bits per heavy atom. The monoisotopic (exact) mass is 432 g/mol. The van der Waals surface area contributed by atoms with Crippen LogP contribution in [0.2, 0.25) is 0 Å². The van der Waals surface area contributed by atoms with Gasteiger partial charge in [0.1, 0.15) is 0 Å². The number of carbonyl (C=O) groups is 2. The molecule has 0 radical (unpaired) electrons. The molecule has 31 heavy (non-hydrogen) atoms. The summed E-state index contributed by atoms with van der Waals surface area (Å²) in [7, 11) is 0. The predicted octanol–water partition coefficient (Wildman–Crippen LogP) is 4.67. The third-order valence-corrected chi connectivity index (χ3v) is 5.01. The summed E-state index contributed by atoms with van der Waals surface area (Å²) in [6, 6.07) is 9.46. The maximum atomic E-state index is 13.0. The molecule has 1 fully saturated rings. The predicted molar refractivity (Wildman–Crippen MR) is 108 cm³/mol. The number of imidazole rings is 1. The zero-order chi connectivity index (χ0) is 22.2. The normalized spacial score (nSPS) is 14.6. The zero-order valence-corrected chi connectivity index (χ0v) is 16.6. The Labute approximate surface area is 175 Å². The lowest BCUT2D eigenvalue weighted by atomic mass is 10.1. The number of carbonyl (C=O) groups excluding carboxylic acids is 2. The van der Waals surface area contributed by atoms with Gasteiger partial charge in [-0.2, -0.15) is 13.2 Å². The number of nitrogens with zero attached hydrogens (tertiary/aromatic N) is 3. The summed E-state index contributed by atoms with van der Waals surface area (Å²) in [5, 5.41) is 2.59. The van der Waals surface area contributed by atoms with E-state index >= 15 is 0 Å². The number of halogens is 3. The van der Waals surface area contributed by atoms with E-state index in [0.29, 0.717) is 37.3 Å². The summed E-state index contributed by atoms with van der Waals surface area (Å²) in [5.41, 5.74) is 0.852. The summed E-state index contributed by atoms with van der Waals surface area (Å²) in [6.45, 7) is 3.24. The van der Waals surface area contributed by atoms with Crippen molar-refractivity contribution >= 4 is 34.7 Å². The first kappa shape index (κ1) is 20.7. The van der Waals surface area contributed by atoms with E-state index in [1.54, 1.807) is 22.8 Å². The van der Waals surface area contributed by atoms with Gasteiger partial charge in [-0.05, 0) is 49.7 Å². The molecule has 1 aliphatic rings. The summed E-state index contributed by atoms with van der Waals surface area (Å²) in [6.07, 6.45) is -4.26. The Bertz CT molecular complexity index is 1160. The van der Waals surface area contributed by atoms with Gasteiger partial charge >= 0.3 is 12.3 Å². The molecule has 0 bridgehead atoms. The van der Waals surface area contributed by atoms with Crippen molar-refractivity contribution in [2.45, 2.75) is 26.1 Å². The molecule has 1 N–H and O–H groups in total. The van der Waals surface area contributed by atoms with Crippen molar-refractivity contribution in [3.63, 3.8) is 0 Å². The van der Waals surface area contributed by atoms with Gasteiger partial charge in [-0.25, -0.2) is 9.78 Å². The maximum Gasteiger partial charge on any atom is 0.416 e. The first-order valence-electron chi connectivity index (χ1n) is 9.71. The molecule has 10 heteroatoms. The van der Waals surface area contributed by atoms with Crippen LogP contribution in [0, 0.1) is 0 Å². The second-order valence-electron chi connectivity index (χ2n) is 7.00. The number of aryl methyl sites for hydroxylation is 1. The van der Waals surface area contributed by atoms with Crippen molar-refractivity contribution in [1.29, 1.82) is 0 Å². The highest BCUT2D eigenvalue weighted by molar-refractivity contribution is 6.04. The molecule has 1 aliphatic heterocycles. The Morgan fingerprint density at radius 3 is 2.74 bits per heavy atom. The van der Waals surface area contributed by atoms with Crippen molar-refractivity contribution in [2.24, 2.45) is 0 Å². The molecule has 0 spiro atoms. The number of fused-ring (bicyclic) bond motifs is 1. The van der Waals surface area contributed by atoms with Gasteiger partial charge < -0.3 is 9.30 Å². The number of amides is 2. The highest BCUT2D eigenvalue weighted by atomic mass is 19.4. The second-order valence-corrected chi connectivity index (χ2v) is 7.00. The first-order chi connectivity index (χ1) is 14.8. The van der Waals surface area contributed by atoms with Crippen LogP contribution in [0.4, 0.5) is 29.6 Å². The molecular formula is C21H19F3N4O3. The molecule has 2 heterocycles. The lowest BCUT2D eigenvalue weighted by molar-refractivity contribution is -0.137. The molecule has 162 valence electrons. The van der Waals surface area contributed by atoms with Gasteiger partial charge in [0.15, 0.2) is 0 Å². The summed E-state index contributed by atoms with van der Waals surface area (Å²) < 4.78 is 45.7. The van der Waals surface area contributed by atoms with E-state index in [1.807, 2.05) is 6.92 Å². The number of benzene rings is 2. The van der Waals surface area contributed by atoms with Crippen LogP contribution in [0.25, 0.3) is 11.0 Å². The number of anilines is 2. The number of ether oxygens (including phenoxy) is 1. The topological polar surface area (TPSA) is 76.5 Å². The molecule has 2 amide bonds. The number of nitrogens with one attached hydrogen (secondary N) is 1. The first-order valence-corrected chi connectivity index (χ1v) is 9.71. The maximum absolute atomic E-state index is 13.0. The minimum Gasteiger partial charge on any atom is -0.449 e. The molecule has 4 rings (SSSR count). The van der Waals surface area contributed by atoms with E-state index in [4.69, 9.17) is 4.74 Å². The quantitative estimate of drug-likeness (QED) is 0.650. The molecule has 0 atom stereocenters. The van der Waals surface area contributed by atoms with Crippen molar-refractivity contribution in [3.05, 3.63) is 53.6 Å². The third-order valence-electron chi connectivity index (χ3n) is 5.01. The average Bonchev–Trinajstić information content (AvgIpc) is 3.09. The van der Waals surface area contributed by atoms with E-state index < -0.39 is 23.7 Å². The Balaban J connectivity index is 1.64.